The van der Waals surface area contributed by atoms with Crippen LogP contribution < -0.4 is 10.6 Å². The van der Waals surface area contributed by atoms with E-state index in [4.69, 9.17) is 5.73 Å². The van der Waals surface area contributed by atoms with E-state index in [9.17, 15) is 8.78 Å². The molecule has 0 aromatic carbocycles. The molecule has 2 N–H and O–H groups in total. The van der Waals surface area contributed by atoms with E-state index in [0.717, 1.165) is 19.2 Å². The zero-order chi connectivity index (χ0) is 13.3. The van der Waals surface area contributed by atoms with Crippen LogP contribution in [0.4, 0.5) is 20.4 Å². The van der Waals surface area contributed by atoms with Crippen LogP contribution in [0.25, 0.3) is 0 Å². The van der Waals surface area contributed by atoms with Crippen LogP contribution in [0.1, 0.15) is 13.8 Å². The summed E-state index contributed by atoms with van der Waals surface area (Å²) in [7, 11) is 0. The highest BCUT2D eigenvalue weighted by molar-refractivity contribution is 5.47. The van der Waals surface area contributed by atoms with E-state index in [1.165, 1.54) is 0 Å². The number of halogens is 2. The normalized spacial score (nSPS) is 17.5. The van der Waals surface area contributed by atoms with Crippen molar-refractivity contribution in [2.24, 2.45) is 0 Å². The first kappa shape index (κ1) is 13.0. The van der Waals surface area contributed by atoms with Crippen LogP contribution in [0.3, 0.4) is 0 Å². The summed E-state index contributed by atoms with van der Waals surface area (Å²) in [4.78, 5) is 7.92. The van der Waals surface area contributed by atoms with Crippen LogP contribution in [0.15, 0.2) is 6.07 Å². The van der Waals surface area contributed by atoms with E-state index in [-0.39, 0.29) is 11.6 Å². The molecule has 4 nitrogen and oxygen atoms in total. The smallest absolute Gasteiger partial charge is 0.168 e. The van der Waals surface area contributed by atoms with Gasteiger partial charge in [-0.2, -0.15) is 0 Å². The first-order valence-electron chi connectivity index (χ1n) is 6.09. The van der Waals surface area contributed by atoms with Gasteiger partial charge in [-0.05, 0) is 13.8 Å². The van der Waals surface area contributed by atoms with Gasteiger partial charge in [0.05, 0.1) is 0 Å². The molecule has 1 aliphatic heterocycles. The Bertz CT molecular complexity index is 428. The molecule has 0 aliphatic carbocycles. The van der Waals surface area contributed by atoms with Crippen LogP contribution in [0, 0.1) is 11.6 Å². The van der Waals surface area contributed by atoms with Gasteiger partial charge in [0.25, 0.3) is 0 Å². The van der Waals surface area contributed by atoms with Crippen LogP contribution in [0.5, 0.6) is 0 Å². The van der Waals surface area contributed by atoms with E-state index in [1.54, 1.807) is 0 Å². The molecule has 0 unspecified atom stereocenters. The topological polar surface area (TPSA) is 45.4 Å². The largest absolute Gasteiger partial charge is 0.381 e. The van der Waals surface area contributed by atoms with E-state index >= 15 is 0 Å². The fraction of sp³-hybridized carbons (Fsp3) is 0.583. The van der Waals surface area contributed by atoms with E-state index in [0.29, 0.717) is 19.1 Å². The minimum absolute atomic E-state index is 0.150. The molecular formula is C12H18F2N4. The maximum absolute atomic E-state index is 13.7. The molecule has 18 heavy (non-hydrogen) atoms. The zero-order valence-electron chi connectivity index (χ0n) is 10.7. The third kappa shape index (κ3) is 2.53. The third-order valence-electron chi connectivity index (χ3n) is 3.28. The minimum atomic E-state index is -0.808. The Kier molecular flexibility index (Phi) is 3.65. The Morgan fingerprint density at radius 1 is 1.17 bits per heavy atom. The zero-order valence-corrected chi connectivity index (χ0v) is 10.7. The van der Waals surface area contributed by atoms with Crippen LogP contribution in [-0.4, -0.2) is 42.1 Å². The lowest BCUT2D eigenvalue weighted by Crippen LogP contribution is -2.49. The number of nitrogens with zero attached hydrogens (tertiary/aromatic N) is 3. The van der Waals surface area contributed by atoms with Crippen molar-refractivity contribution in [1.29, 1.82) is 0 Å². The number of rotatable bonds is 2. The van der Waals surface area contributed by atoms with Crippen molar-refractivity contribution in [3.63, 3.8) is 0 Å². The van der Waals surface area contributed by atoms with Crippen LogP contribution >= 0.6 is 0 Å². The van der Waals surface area contributed by atoms with Crippen molar-refractivity contribution in [3.8, 4) is 0 Å². The number of nitrogens with two attached hydrogens (primary N) is 1. The second-order valence-electron chi connectivity index (χ2n) is 4.78. The molecule has 0 atom stereocenters. The third-order valence-corrected chi connectivity index (χ3v) is 3.28. The highest BCUT2D eigenvalue weighted by atomic mass is 19.1. The average molecular weight is 256 g/mol. The van der Waals surface area contributed by atoms with Crippen molar-refractivity contribution in [3.05, 3.63) is 17.7 Å². The van der Waals surface area contributed by atoms with Crippen molar-refractivity contribution in [2.75, 3.05) is 36.8 Å². The first-order chi connectivity index (χ1) is 8.49. The SMILES string of the molecule is CC(C)N1CCN(c2nc(N)c(F)cc2F)CC1. The molecule has 1 aromatic rings. The Morgan fingerprint density at radius 3 is 2.33 bits per heavy atom. The van der Waals surface area contributed by atoms with Gasteiger partial charge >= 0.3 is 0 Å². The minimum Gasteiger partial charge on any atom is -0.381 e. The monoisotopic (exact) mass is 256 g/mol. The van der Waals surface area contributed by atoms with E-state index in [1.807, 2.05) is 4.90 Å². The summed E-state index contributed by atoms with van der Waals surface area (Å²) in [5, 5.41) is 0. The standard InChI is InChI=1S/C12H18F2N4/c1-8(2)17-3-5-18(6-4-17)12-10(14)7-9(13)11(15)16-12/h7-8H,3-6H2,1-2H3,(H2,15,16). The maximum atomic E-state index is 13.7. The highest BCUT2D eigenvalue weighted by Gasteiger charge is 2.22. The van der Waals surface area contributed by atoms with Gasteiger partial charge in [-0.25, -0.2) is 13.8 Å². The number of pyridine rings is 1. The molecule has 1 fully saturated rings. The van der Waals surface area contributed by atoms with Gasteiger partial charge in [0.1, 0.15) is 0 Å². The molecule has 2 rings (SSSR count). The summed E-state index contributed by atoms with van der Waals surface area (Å²) >= 11 is 0. The Hall–Kier alpha value is -1.43. The number of hydrogen-bond donors (Lipinski definition) is 1. The molecule has 1 aromatic heterocycles. The lowest BCUT2D eigenvalue weighted by molar-refractivity contribution is 0.208. The Morgan fingerprint density at radius 2 is 1.78 bits per heavy atom. The number of aromatic nitrogens is 1. The number of anilines is 2. The van der Waals surface area contributed by atoms with Crippen LogP contribution in [-0.2, 0) is 0 Å². The number of piperazine rings is 1. The highest BCUT2D eigenvalue weighted by Crippen LogP contribution is 2.22. The molecule has 100 valence electrons. The maximum Gasteiger partial charge on any atom is 0.168 e. The summed E-state index contributed by atoms with van der Waals surface area (Å²) in [6, 6.07) is 1.27. The van der Waals surface area contributed by atoms with Gasteiger partial charge < -0.3 is 10.6 Å². The molecule has 6 heteroatoms. The van der Waals surface area contributed by atoms with Gasteiger partial charge in [-0.3, -0.25) is 4.90 Å². The Balaban J connectivity index is 2.12. The Labute approximate surface area is 105 Å². The van der Waals surface area contributed by atoms with Crippen molar-refractivity contribution < 1.29 is 8.78 Å². The first-order valence-corrected chi connectivity index (χ1v) is 6.09. The number of nitrogen functional groups attached to an aromatic ring is 1. The lowest BCUT2D eigenvalue weighted by Gasteiger charge is -2.37. The quantitative estimate of drug-likeness (QED) is 0.870. The summed E-state index contributed by atoms with van der Waals surface area (Å²) in [5.74, 6) is -1.56. The summed E-state index contributed by atoms with van der Waals surface area (Å²) < 4.78 is 26.7. The molecule has 0 spiro atoms. The number of hydrogen-bond acceptors (Lipinski definition) is 4. The molecule has 0 saturated carbocycles. The van der Waals surface area contributed by atoms with Crippen molar-refractivity contribution >= 4 is 11.6 Å². The van der Waals surface area contributed by atoms with E-state index in [2.05, 4.69) is 23.7 Å². The summed E-state index contributed by atoms with van der Waals surface area (Å²) in [6.45, 7) is 7.29. The molecule has 1 aliphatic rings. The second kappa shape index (κ2) is 5.06. The lowest BCUT2D eigenvalue weighted by atomic mass is 10.2. The fourth-order valence-electron chi connectivity index (χ4n) is 2.14. The molecule has 1 saturated heterocycles. The molecule has 0 bridgehead atoms. The molecule has 0 radical (unpaired) electrons. The van der Waals surface area contributed by atoms with Gasteiger partial charge in [0.2, 0.25) is 0 Å². The van der Waals surface area contributed by atoms with Gasteiger partial charge in [0.15, 0.2) is 23.3 Å². The molecule has 0 amide bonds. The summed E-state index contributed by atoms with van der Waals surface area (Å²) in [5.41, 5.74) is 5.38. The van der Waals surface area contributed by atoms with Gasteiger partial charge in [0, 0.05) is 38.3 Å². The van der Waals surface area contributed by atoms with E-state index < -0.39 is 11.6 Å². The molecule has 2 heterocycles. The van der Waals surface area contributed by atoms with Crippen molar-refractivity contribution in [1.82, 2.24) is 9.88 Å². The van der Waals surface area contributed by atoms with Gasteiger partial charge in [-0.15, -0.1) is 0 Å². The second-order valence-corrected chi connectivity index (χ2v) is 4.78. The van der Waals surface area contributed by atoms with Crippen molar-refractivity contribution in [2.45, 2.75) is 19.9 Å². The molecular weight excluding hydrogens is 238 g/mol. The summed E-state index contributed by atoms with van der Waals surface area (Å²) in [6.07, 6.45) is 0. The van der Waals surface area contributed by atoms with Gasteiger partial charge in [-0.1, -0.05) is 0 Å². The predicted molar refractivity (Wildman–Crippen MR) is 67.5 cm³/mol. The average Bonchev–Trinajstić information content (AvgIpc) is 2.34. The van der Waals surface area contributed by atoms with Crippen LogP contribution in [0.2, 0.25) is 0 Å². The fourth-order valence-corrected chi connectivity index (χ4v) is 2.14. The predicted octanol–water partition coefficient (Wildman–Crippen LogP) is 1.47.